The van der Waals surface area contributed by atoms with Crippen molar-refractivity contribution in [3.8, 4) is 0 Å². The number of para-hydroxylation sites is 1. The molecule has 0 atom stereocenters. The van der Waals surface area contributed by atoms with Crippen molar-refractivity contribution in [1.82, 2.24) is 4.90 Å². The first-order valence-electron chi connectivity index (χ1n) is 6.47. The molecule has 0 fully saturated rings. The highest BCUT2D eigenvalue weighted by molar-refractivity contribution is 7.63. The van der Waals surface area contributed by atoms with Crippen LogP contribution in [-0.4, -0.2) is 55.0 Å². The number of amides is 2. The third kappa shape index (κ3) is 5.33. The first-order chi connectivity index (χ1) is 9.61. The average molecular weight is 312 g/mol. The van der Waals surface area contributed by atoms with Gasteiger partial charge in [0, 0.05) is 7.05 Å². The SMILES string of the molecule is Cc1ccccc1N(O)C(=O)CN(C)C(=O)CP(C)(C)=O. The fraction of sp³-hybridized carbons (Fsp3) is 0.429. The van der Waals surface area contributed by atoms with Crippen LogP contribution in [0.4, 0.5) is 5.69 Å². The summed E-state index contributed by atoms with van der Waals surface area (Å²) in [4.78, 5) is 25.0. The van der Waals surface area contributed by atoms with Crippen LogP contribution < -0.4 is 5.06 Å². The van der Waals surface area contributed by atoms with Gasteiger partial charge in [-0.25, -0.2) is 0 Å². The summed E-state index contributed by atoms with van der Waals surface area (Å²) in [6.45, 7) is 4.53. The minimum absolute atomic E-state index is 0.0907. The molecule has 1 rings (SSSR count). The van der Waals surface area contributed by atoms with Gasteiger partial charge in [-0.1, -0.05) is 18.2 Å². The lowest BCUT2D eigenvalue weighted by molar-refractivity contribution is -0.133. The fourth-order valence-electron chi connectivity index (χ4n) is 1.74. The van der Waals surface area contributed by atoms with Gasteiger partial charge < -0.3 is 9.46 Å². The van der Waals surface area contributed by atoms with Crippen LogP contribution in [0, 0.1) is 6.92 Å². The number of hydrogen-bond donors (Lipinski definition) is 1. The molecule has 0 spiro atoms. The van der Waals surface area contributed by atoms with Crippen LogP contribution in [0.15, 0.2) is 24.3 Å². The molecule has 6 nitrogen and oxygen atoms in total. The number of nitrogens with zero attached hydrogens (tertiary/aromatic N) is 2. The Morgan fingerprint density at radius 1 is 1.19 bits per heavy atom. The minimum Gasteiger partial charge on any atom is -0.336 e. The number of carbonyl (C=O) groups excluding carboxylic acids is 2. The van der Waals surface area contributed by atoms with Gasteiger partial charge in [-0.3, -0.25) is 14.8 Å². The van der Waals surface area contributed by atoms with Crippen molar-refractivity contribution in [2.24, 2.45) is 0 Å². The molecule has 1 aromatic carbocycles. The molecule has 0 aromatic heterocycles. The Morgan fingerprint density at radius 3 is 2.29 bits per heavy atom. The van der Waals surface area contributed by atoms with Crippen LogP contribution in [0.2, 0.25) is 0 Å². The summed E-state index contributed by atoms with van der Waals surface area (Å²) in [5.74, 6) is -1.00. The first kappa shape index (κ1) is 17.4. The number of anilines is 1. The Kier molecular flexibility index (Phi) is 5.70. The van der Waals surface area contributed by atoms with E-state index in [1.54, 1.807) is 31.2 Å². The van der Waals surface area contributed by atoms with Crippen LogP contribution in [0.5, 0.6) is 0 Å². The minimum atomic E-state index is -2.49. The lowest BCUT2D eigenvalue weighted by Gasteiger charge is -2.22. The quantitative estimate of drug-likeness (QED) is 0.511. The monoisotopic (exact) mass is 312 g/mol. The van der Waals surface area contributed by atoms with Crippen molar-refractivity contribution in [1.29, 1.82) is 0 Å². The zero-order valence-electron chi connectivity index (χ0n) is 12.7. The highest BCUT2D eigenvalue weighted by Gasteiger charge is 2.22. The van der Waals surface area contributed by atoms with Crippen LogP contribution >= 0.6 is 7.14 Å². The molecular formula is C14H21N2O4P. The van der Waals surface area contributed by atoms with Gasteiger partial charge in [-0.05, 0) is 31.9 Å². The van der Waals surface area contributed by atoms with E-state index in [-0.39, 0.29) is 18.6 Å². The molecule has 0 radical (unpaired) electrons. The van der Waals surface area contributed by atoms with E-state index in [0.717, 1.165) is 5.56 Å². The Labute approximate surface area is 124 Å². The standard InChI is InChI=1S/C14H21N2O4P/c1-11-7-5-6-8-12(11)16(19)13(17)9-15(2)14(18)10-21(3,4)20/h5-8,19H,9-10H2,1-4H3. The summed E-state index contributed by atoms with van der Waals surface area (Å²) in [5, 5.41) is 10.5. The zero-order chi connectivity index (χ0) is 16.2. The van der Waals surface area contributed by atoms with Crippen LogP contribution in [0.1, 0.15) is 5.56 Å². The predicted octanol–water partition coefficient (Wildman–Crippen LogP) is 1.80. The van der Waals surface area contributed by atoms with Gasteiger partial charge in [0.05, 0.1) is 19.0 Å². The van der Waals surface area contributed by atoms with Crippen LogP contribution in [-0.2, 0) is 14.2 Å². The average Bonchev–Trinajstić information content (AvgIpc) is 2.36. The molecule has 0 unspecified atom stereocenters. The van der Waals surface area contributed by atoms with Crippen LogP contribution in [0.25, 0.3) is 0 Å². The Hall–Kier alpha value is -1.65. The van der Waals surface area contributed by atoms with E-state index in [2.05, 4.69) is 0 Å². The maximum atomic E-state index is 12.0. The van der Waals surface area contributed by atoms with Gasteiger partial charge in [0.15, 0.2) is 0 Å². The molecular weight excluding hydrogens is 291 g/mol. The smallest absolute Gasteiger partial charge is 0.270 e. The highest BCUT2D eigenvalue weighted by atomic mass is 31.2. The molecule has 0 heterocycles. The molecule has 21 heavy (non-hydrogen) atoms. The van der Waals surface area contributed by atoms with Crippen molar-refractivity contribution in [3.05, 3.63) is 29.8 Å². The number of benzene rings is 1. The molecule has 1 aromatic rings. The van der Waals surface area contributed by atoms with Crippen molar-refractivity contribution >= 4 is 24.6 Å². The lowest BCUT2D eigenvalue weighted by atomic mass is 10.2. The lowest BCUT2D eigenvalue weighted by Crippen LogP contribution is -2.40. The molecule has 0 aliphatic rings. The highest BCUT2D eigenvalue weighted by Crippen LogP contribution is 2.35. The van der Waals surface area contributed by atoms with Crippen molar-refractivity contribution < 1.29 is 19.4 Å². The van der Waals surface area contributed by atoms with Gasteiger partial charge in [0.25, 0.3) is 5.91 Å². The number of hydroxylamine groups is 1. The van der Waals surface area contributed by atoms with E-state index in [0.29, 0.717) is 10.8 Å². The van der Waals surface area contributed by atoms with Gasteiger partial charge >= 0.3 is 0 Å². The van der Waals surface area contributed by atoms with Crippen molar-refractivity contribution in [2.45, 2.75) is 6.92 Å². The second-order valence-corrected chi connectivity index (χ2v) is 8.94. The molecule has 0 aliphatic carbocycles. The van der Waals surface area contributed by atoms with E-state index in [1.807, 2.05) is 0 Å². The second kappa shape index (κ2) is 6.87. The molecule has 0 saturated heterocycles. The molecule has 0 aliphatic heterocycles. The summed E-state index contributed by atoms with van der Waals surface area (Å²) in [6, 6.07) is 6.89. The second-order valence-electron chi connectivity index (χ2n) is 5.47. The maximum absolute atomic E-state index is 12.0. The van der Waals surface area contributed by atoms with Crippen molar-refractivity contribution in [2.75, 3.05) is 38.1 Å². The number of hydrogen-bond acceptors (Lipinski definition) is 4. The molecule has 7 heteroatoms. The van der Waals surface area contributed by atoms with Gasteiger partial charge in [-0.2, -0.15) is 5.06 Å². The third-order valence-corrected chi connectivity index (χ3v) is 3.93. The molecule has 116 valence electrons. The summed E-state index contributed by atoms with van der Waals surface area (Å²) in [6.07, 6.45) is -0.0907. The summed E-state index contributed by atoms with van der Waals surface area (Å²) < 4.78 is 11.6. The van der Waals surface area contributed by atoms with E-state index in [9.17, 15) is 19.4 Å². The molecule has 2 amide bonds. The summed E-state index contributed by atoms with van der Waals surface area (Å²) in [7, 11) is -1.04. The van der Waals surface area contributed by atoms with E-state index in [1.165, 1.54) is 25.3 Å². The topological polar surface area (TPSA) is 77.9 Å². The predicted molar refractivity (Wildman–Crippen MR) is 82.4 cm³/mol. The Balaban J connectivity index is 2.71. The van der Waals surface area contributed by atoms with Gasteiger partial charge in [0.1, 0.15) is 6.54 Å². The fourth-order valence-corrected chi connectivity index (χ4v) is 2.63. The normalized spacial score (nSPS) is 11.1. The van der Waals surface area contributed by atoms with Gasteiger partial charge in [0.2, 0.25) is 5.91 Å². The number of rotatable bonds is 5. The van der Waals surface area contributed by atoms with Gasteiger partial charge in [-0.15, -0.1) is 0 Å². The Morgan fingerprint density at radius 2 is 1.76 bits per heavy atom. The third-order valence-electron chi connectivity index (χ3n) is 2.89. The molecule has 1 N–H and O–H groups in total. The number of carbonyl (C=O) groups is 2. The van der Waals surface area contributed by atoms with Crippen molar-refractivity contribution in [3.63, 3.8) is 0 Å². The maximum Gasteiger partial charge on any atom is 0.270 e. The van der Waals surface area contributed by atoms with E-state index >= 15 is 0 Å². The summed E-state index contributed by atoms with van der Waals surface area (Å²) >= 11 is 0. The molecule has 0 bridgehead atoms. The largest absolute Gasteiger partial charge is 0.336 e. The first-order valence-corrected chi connectivity index (χ1v) is 9.26. The van der Waals surface area contributed by atoms with Crippen LogP contribution in [0.3, 0.4) is 0 Å². The Bertz CT molecular complexity index is 582. The number of likely N-dealkylation sites (N-methyl/N-ethyl adjacent to an activating group) is 1. The molecule has 0 saturated carbocycles. The van der Waals surface area contributed by atoms with E-state index < -0.39 is 13.0 Å². The number of aryl methyl sites for hydroxylation is 1. The zero-order valence-corrected chi connectivity index (χ0v) is 13.6. The summed E-state index contributed by atoms with van der Waals surface area (Å²) in [5.41, 5.74) is 1.12. The van der Waals surface area contributed by atoms with E-state index in [4.69, 9.17) is 0 Å².